The summed E-state index contributed by atoms with van der Waals surface area (Å²) in [6.45, 7) is 17.8. The first-order chi connectivity index (χ1) is 13.5. The van der Waals surface area contributed by atoms with Crippen molar-refractivity contribution in [1.29, 1.82) is 0 Å². The van der Waals surface area contributed by atoms with Crippen LogP contribution in [0, 0.1) is 11.7 Å². The standard InChI is InChI=1S/C23H37BFNO4/c1-15(2)18(14-26(10)20(27)28-21(3,4)5)17-12-11-16(13-19(17)25)24-29-22(6,7)23(8,9)30-24/h11-13,15,18H,14H2,1-10H3. The van der Waals surface area contributed by atoms with Gasteiger partial charge in [-0.25, -0.2) is 9.18 Å². The van der Waals surface area contributed by atoms with Gasteiger partial charge >= 0.3 is 13.2 Å². The summed E-state index contributed by atoms with van der Waals surface area (Å²) < 4.78 is 32.7. The smallest absolute Gasteiger partial charge is 0.444 e. The molecule has 1 fully saturated rings. The summed E-state index contributed by atoms with van der Waals surface area (Å²) in [6, 6.07) is 5.12. The minimum absolute atomic E-state index is 0.132. The van der Waals surface area contributed by atoms with Crippen molar-refractivity contribution in [3.05, 3.63) is 29.6 Å². The highest BCUT2D eigenvalue weighted by Gasteiger charge is 2.51. The number of ether oxygens (including phenoxy) is 1. The Morgan fingerprint density at radius 2 is 1.70 bits per heavy atom. The van der Waals surface area contributed by atoms with Crippen LogP contribution in [-0.4, -0.2) is 48.5 Å². The number of hydrogen-bond acceptors (Lipinski definition) is 4. The molecule has 1 aliphatic heterocycles. The summed E-state index contributed by atoms with van der Waals surface area (Å²) >= 11 is 0. The first-order valence-corrected chi connectivity index (χ1v) is 10.6. The normalized spacial score (nSPS) is 19.1. The average molecular weight is 421 g/mol. The van der Waals surface area contributed by atoms with Gasteiger partial charge in [-0.2, -0.15) is 0 Å². The van der Waals surface area contributed by atoms with E-state index in [4.69, 9.17) is 14.0 Å². The summed E-state index contributed by atoms with van der Waals surface area (Å²) in [5.74, 6) is -0.361. The van der Waals surface area contributed by atoms with Gasteiger partial charge in [-0.3, -0.25) is 0 Å². The zero-order valence-corrected chi connectivity index (χ0v) is 20.1. The number of carbonyl (C=O) groups excluding carboxylic acids is 1. The maximum absolute atomic E-state index is 15.2. The van der Waals surface area contributed by atoms with Gasteiger partial charge in [-0.15, -0.1) is 0 Å². The second kappa shape index (κ2) is 8.50. The van der Waals surface area contributed by atoms with Gasteiger partial charge in [0.05, 0.1) is 11.2 Å². The molecule has 1 aromatic rings. The first-order valence-electron chi connectivity index (χ1n) is 10.6. The molecule has 1 amide bonds. The Morgan fingerprint density at radius 1 is 1.17 bits per heavy atom. The lowest BCUT2D eigenvalue weighted by atomic mass is 9.77. The Balaban J connectivity index is 2.21. The Kier molecular flexibility index (Phi) is 6.99. The fourth-order valence-corrected chi connectivity index (χ4v) is 3.35. The Labute approximate surface area is 181 Å². The van der Waals surface area contributed by atoms with Gasteiger partial charge in [0.15, 0.2) is 0 Å². The third kappa shape index (κ3) is 5.55. The topological polar surface area (TPSA) is 48.0 Å². The minimum Gasteiger partial charge on any atom is -0.444 e. The number of likely N-dealkylation sites (N-methyl/N-ethyl adjacent to an activating group) is 1. The zero-order valence-electron chi connectivity index (χ0n) is 20.1. The van der Waals surface area contributed by atoms with E-state index >= 15 is 4.39 Å². The lowest BCUT2D eigenvalue weighted by molar-refractivity contribution is 0.00578. The van der Waals surface area contributed by atoms with Crippen LogP contribution in [0.15, 0.2) is 18.2 Å². The number of benzene rings is 1. The molecular formula is C23H37BFNO4. The van der Waals surface area contributed by atoms with E-state index < -0.39 is 30.0 Å². The van der Waals surface area contributed by atoms with Crippen LogP contribution in [-0.2, 0) is 14.0 Å². The first kappa shape index (κ1) is 24.7. The van der Waals surface area contributed by atoms with Gasteiger partial charge in [0.25, 0.3) is 0 Å². The quantitative estimate of drug-likeness (QED) is 0.645. The van der Waals surface area contributed by atoms with Crippen molar-refractivity contribution >= 4 is 18.7 Å². The molecule has 0 N–H and O–H groups in total. The lowest BCUT2D eigenvalue weighted by Crippen LogP contribution is -2.41. The fraction of sp³-hybridized carbons (Fsp3) is 0.696. The molecule has 0 bridgehead atoms. The molecule has 2 rings (SSSR count). The molecule has 1 saturated heterocycles. The molecule has 1 atom stereocenters. The van der Waals surface area contributed by atoms with E-state index in [1.807, 2.05) is 68.4 Å². The van der Waals surface area contributed by atoms with Crippen molar-refractivity contribution in [2.24, 2.45) is 5.92 Å². The van der Waals surface area contributed by atoms with Crippen LogP contribution in [0.3, 0.4) is 0 Å². The number of carbonyl (C=O) groups is 1. The number of rotatable bonds is 5. The molecule has 0 radical (unpaired) electrons. The Hall–Kier alpha value is -1.60. The molecule has 5 nitrogen and oxygen atoms in total. The maximum Gasteiger partial charge on any atom is 0.494 e. The van der Waals surface area contributed by atoms with Crippen molar-refractivity contribution in [3.63, 3.8) is 0 Å². The Bertz CT molecular complexity index is 757. The molecule has 0 aromatic heterocycles. The molecule has 0 aliphatic carbocycles. The van der Waals surface area contributed by atoms with E-state index in [1.165, 1.54) is 11.0 Å². The molecule has 30 heavy (non-hydrogen) atoms. The van der Waals surface area contributed by atoms with E-state index in [0.29, 0.717) is 17.6 Å². The van der Waals surface area contributed by atoms with Gasteiger partial charge in [-0.1, -0.05) is 26.0 Å². The number of halogens is 1. The molecule has 1 aliphatic rings. The van der Waals surface area contributed by atoms with Gasteiger partial charge < -0.3 is 18.9 Å². The lowest BCUT2D eigenvalue weighted by Gasteiger charge is -2.32. The Morgan fingerprint density at radius 3 is 2.13 bits per heavy atom. The van der Waals surface area contributed by atoms with Crippen LogP contribution >= 0.6 is 0 Å². The monoisotopic (exact) mass is 421 g/mol. The summed E-state index contributed by atoms with van der Waals surface area (Å²) in [5.41, 5.74) is -0.320. The molecule has 1 heterocycles. The summed E-state index contributed by atoms with van der Waals surface area (Å²) in [7, 11) is 1.07. The second-order valence-electron chi connectivity index (χ2n) is 10.6. The maximum atomic E-state index is 15.2. The second-order valence-corrected chi connectivity index (χ2v) is 10.6. The number of hydrogen-bond donors (Lipinski definition) is 0. The van der Waals surface area contributed by atoms with Crippen molar-refractivity contribution in [1.82, 2.24) is 4.90 Å². The van der Waals surface area contributed by atoms with Crippen LogP contribution < -0.4 is 5.46 Å². The average Bonchev–Trinajstić information content (AvgIpc) is 2.78. The highest BCUT2D eigenvalue weighted by atomic mass is 19.1. The van der Waals surface area contributed by atoms with Crippen molar-refractivity contribution in [3.8, 4) is 0 Å². The van der Waals surface area contributed by atoms with Crippen molar-refractivity contribution in [2.75, 3.05) is 13.6 Å². The fourth-order valence-electron chi connectivity index (χ4n) is 3.35. The van der Waals surface area contributed by atoms with Gasteiger partial charge in [0, 0.05) is 19.5 Å². The SMILES string of the molecule is CC(C)C(CN(C)C(=O)OC(C)(C)C)c1ccc(B2OC(C)(C)C(C)(C)O2)cc1F. The van der Waals surface area contributed by atoms with E-state index in [9.17, 15) is 4.79 Å². The molecule has 1 aromatic carbocycles. The number of nitrogens with zero attached hydrogens (tertiary/aromatic N) is 1. The third-order valence-corrected chi connectivity index (χ3v) is 5.93. The van der Waals surface area contributed by atoms with Crippen LogP contribution in [0.2, 0.25) is 0 Å². The van der Waals surface area contributed by atoms with Gasteiger partial charge in [-0.05, 0) is 71.5 Å². The summed E-state index contributed by atoms with van der Waals surface area (Å²) in [6.07, 6.45) is -0.414. The van der Waals surface area contributed by atoms with Crippen LogP contribution in [0.1, 0.15) is 73.8 Å². The van der Waals surface area contributed by atoms with E-state index in [0.717, 1.165) is 0 Å². The predicted molar refractivity (Wildman–Crippen MR) is 119 cm³/mol. The van der Waals surface area contributed by atoms with Crippen molar-refractivity contribution < 1.29 is 23.2 Å². The van der Waals surface area contributed by atoms with E-state index in [-0.39, 0.29) is 17.7 Å². The third-order valence-electron chi connectivity index (χ3n) is 5.93. The predicted octanol–water partition coefficient (Wildman–Crippen LogP) is 4.73. The highest BCUT2D eigenvalue weighted by Crippen LogP contribution is 2.37. The molecule has 0 saturated carbocycles. The van der Waals surface area contributed by atoms with Crippen LogP contribution in [0.4, 0.5) is 9.18 Å². The zero-order chi connectivity index (χ0) is 23.1. The summed E-state index contributed by atoms with van der Waals surface area (Å²) in [4.78, 5) is 13.9. The molecular weight excluding hydrogens is 384 g/mol. The molecule has 7 heteroatoms. The van der Waals surface area contributed by atoms with E-state index in [1.54, 1.807) is 13.1 Å². The van der Waals surface area contributed by atoms with Crippen molar-refractivity contribution in [2.45, 2.75) is 85.0 Å². The van der Waals surface area contributed by atoms with E-state index in [2.05, 4.69) is 0 Å². The molecule has 1 unspecified atom stereocenters. The van der Waals surface area contributed by atoms with Crippen LogP contribution in [0.25, 0.3) is 0 Å². The van der Waals surface area contributed by atoms with Crippen LogP contribution in [0.5, 0.6) is 0 Å². The van der Waals surface area contributed by atoms with Gasteiger partial charge in [0.2, 0.25) is 0 Å². The largest absolute Gasteiger partial charge is 0.494 e. The van der Waals surface area contributed by atoms with Gasteiger partial charge in [0.1, 0.15) is 11.4 Å². The molecule has 168 valence electrons. The highest BCUT2D eigenvalue weighted by molar-refractivity contribution is 6.62. The minimum atomic E-state index is -0.611. The molecule has 0 spiro atoms. The summed E-state index contributed by atoms with van der Waals surface area (Å²) in [5, 5.41) is 0. The number of amides is 1.